The zero-order valence-electron chi connectivity index (χ0n) is 19.1. The molecule has 0 bridgehead atoms. The molecule has 0 radical (unpaired) electrons. The third kappa shape index (κ3) is 7.93. The third-order valence-electron chi connectivity index (χ3n) is 5.22. The average molecular weight is 599 g/mol. The van der Waals surface area contributed by atoms with Gasteiger partial charge in [0.1, 0.15) is 11.7 Å². The monoisotopic (exact) mass is 599 g/mol. The van der Waals surface area contributed by atoms with Gasteiger partial charge in [-0.15, -0.1) is 0 Å². The fraction of sp³-hybridized carbons (Fsp3) is 0.789. The topological polar surface area (TPSA) is 119 Å². The first-order chi connectivity index (χ1) is 17.0. The van der Waals surface area contributed by atoms with Crippen molar-refractivity contribution in [3.63, 3.8) is 0 Å². The van der Waals surface area contributed by atoms with Crippen LogP contribution in [0.1, 0.15) is 51.4 Å². The summed E-state index contributed by atoms with van der Waals surface area (Å²) in [5.74, 6) is -15.6. The van der Waals surface area contributed by atoms with E-state index in [0.717, 1.165) is 0 Å². The van der Waals surface area contributed by atoms with E-state index in [1.807, 2.05) is 0 Å². The van der Waals surface area contributed by atoms with E-state index in [2.05, 4.69) is 20.8 Å². The average Bonchev–Trinajstić information content (AvgIpc) is 2.75. The summed E-state index contributed by atoms with van der Waals surface area (Å²) in [6.07, 6.45) is -15.7. The van der Waals surface area contributed by atoms with Crippen molar-refractivity contribution in [1.82, 2.24) is 0 Å². The van der Waals surface area contributed by atoms with Crippen LogP contribution in [0.25, 0.3) is 0 Å². The van der Waals surface area contributed by atoms with Gasteiger partial charge in [-0.3, -0.25) is 0 Å². The summed E-state index contributed by atoms with van der Waals surface area (Å²) in [6.45, 7) is 0.726. The lowest BCUT2D eigenvalue weighted by atomic mass is 9.98. The van der Waals surface area contributed by atoms with E-state index in [1.54, 1.807) is 0 Å². The maximum Gasteiger partial charge on any atom is 0.468 e. The highest BCUT2D eigenvalue weighted by atomic mass is 32.2. The Morgan fingerprint density at radius 1 is 0.895 bits per heavy atom. The second kappa shape index (κ2) is 11.9. The standard InChI is InChI=1S/C19H22F10O8S/c1-11(17(22,23)24)13(30)37-16(18(25,26)27,14(31)36-12-7-3-2-4-8-12)35-10-6-5-9-15(20,21)19(28,29)38(32,33)34/h12H,1-10H2,(H,32,33,34)/p-1. The van der Waals surface area contributed by atoms with Gasteiger partial charge in [-0.25, -0.2) is 18.0 Å². The van der Waals surface area contributed by atoms with Crippen molar-refractivity contribution < 1.29 is 80.7 Å². The lowest BCUT2D eigenvalue weighted by Crippen LogP contribution is -2.59. The minimum absolute atomic E-state index is 0.0504. The van der Waals surface area contributed by atoms with Gasteiger partial charge in [-0.1, -0.05) is 13.0 Å². The van der Waals surface area contributed by atoms with E-state index < -0.39 is 88.9 Å². The first kappa shape index (κ1) is 33.9. The Hall–Kier alpha value is -2.15. The molecule has 8 nitrogen and oxygen atoms in total. The molecule has 1 unspecified atom stereocenters. The number of carbonyl (C=O) groups is 2. The molecule has 1 aliphatic carbocycles. The van der Waals surface area contributed by atoms with Crippen molar-refractivity contribution in [2.45, 2.75) is 86.8 Å². The van der Waals surface area contributed by atoms with E-state index >= 15 is 0 Å². The van der Waals surface area contributed by atoms with Crippen LogP contribution in [0.15, 0.2) is 12.2 Å². The Kier molecular flexibility index (Phi) is 10.6. The Labute approximate surface area is 209 Å². The van der Waals surface area contributed by atoms with Crippen LogP contribution in [0.5, 0.6) is 0 Å². The molecule has 0 amide bonds. The summed E-state index contributed by atoms with van der Waals surface area (Å²) >= 11 is 0. The van der Waals surface area contributed by atoms with Gasteiger partial charge in [0.25, 0.3) is 0 Å². The molecule has 19 heteroatoms. The van der Waals surface area contributed by atoms with Crippen molar-refractivity contribution in [3.8, 4) is 0 Å². The number of unbranched alkanes of at least 4 members (excludes halogenated alkanes) is 1. The number of esters is 2. The minimum Gasteiger partial charge on any atom is -0.743 e. The molecule has 0 saturated heterocycles. The zero-order valence-corrected chi connectivity index (χ0v) is 19.9. The number of halogens is 10. The maximum absolute atomic E-state index is 14.0. The van der Waals surface area contributed by atoms with Crippen molar-refractivity contribution in [1.29, 1.82) is 0 Å². The summed E-state index contributed by atoms with van der Waals surface area (Å²) in [6, 6.07) is 0. The van der Waals surface area contributed by atoms with Crippen molar-refractivity contribution in [2.24, 2.45) is 0 Å². The molecule has 0 aromatic carbocycles. The van der Waals surface area contributed by atoms with E-state index in [9.17, 15) is 66.5 Å². The molecule has 38 heavy (non-hydrogen) atoms. The minimum atomic E-state index is -6.84. The maximum atomic E-state index is 14.0. The Morgan fingerprint density at radius 2 is 1.42 bits per heavy atom. The fourth-order valence-corrected chi connectivity index (χ4v) is 3.57. The first-order valence-electron chi connectivity index (χ1n) is 10.6. The normalized spacial score (nSPS) is 18.0. The smallest absolute Gasteiger partial charge is 0.468 e. The summed E-state index contributed by atoms with van der Waals surface area (Å²) < 4.78 is 177. The largest absolute Gasteiger partial charge is 0.743 e. The van der Waals surface area contributed by atoms with Crippen LogP contribution < -0.4 is 0 Å². The fourth-order valence-electron chi connectivity index (χ4n) is 3.10. The molecule has 0 N–H and O–H groups in total. The van der Waals surface area contributed by atoms with Crippen LogP contribution in [0.3, 0.4) is 0 Å². The molecular formula is C19H21F10O8S-. The van der Waals surface area contributed by atoms with Gasteiger partial charge in [-0.05, 0) is 38.5 Å². The third-order valence-corrected chi connectivity index (χ3v) is 6.15. The Bertz CT molecular complexity index is 971. The molecule has 1 atom stereocenters. The lowest BCUT2D eigenvalue weighted by molar-refractivity contribution is -0.356. The second-order valence-corrected chi connectivity index (χ2v) is 9.55. The first-order valence-corrected chi connectivity index (χ1v) is 12.0. The summed E-state index contributed by atoms with van der Waals surface area (Å²) in [5.41, 5.74) is -2.47. The number of rotatable bonds is 12. The van der Waals surface area contributed by atoms with Gasteiger partial charge >= 0.3 is 41.3 Å². The molecule has 1 saturated carbocycles. The number of carbonyl (C=O) groups excluding carboxylic acids is 2. The van der Waals surface area contributed by atoms with Gasteiger partial charge in [0, 0.05) is 6.42 Å². The van der Waals surface area contributed by atoms with Crippen molar-refractivity contribution >= 4 is 22.1 Å². The van der Waals surface area contributed by atoms with Gasteiger partial charge < -0.3 is 18.8 Å². The van der Waals surface area contributed by atoms with Gasteiger partial charge in [0.15, 0.2) is 10.1 Å². The molecule has 0 aromatic rings. The summed E-state index contributed by atoms with van der Waals surface area (Å²) in [7, 11) is -6.84. The second-order valence-electron chi connectivity index (χ2n) is 8.13. The predicted octanol–water partition coefficient (Wildman–Crippen LogP) is 4.74. The molecule has 0 aromatic heterocycles. The SMILES string of the molecule is C=C(C(=O)OC(OCCCCC(F)(F)C(F)(F)S(=O)(=O)[O-])(C(=O)OC1CCCCC1)C(F)(F)F)C(F)(F)F. The molecule has 0 aliphatic heterocycles. The molecule has 0 heterocycles. The molecule has 0 spiro atoms. The van der Waals surface area contributed by atoms with Gasteiger partial charge in [0.05, 0.1) is 6.61 Å². The highest BCUT2D eigenvalue weighted by molar-refractivity contribution is 7.86. The zero-order chi connectivity index (χ0) is 29.8. The highest BCUT2D eigenvalue weighted by Gasteiger charge is 2.68. The molecule has 1 rings (SSSR count). The number of hydrogen-bond donors (Lipinski definition) is 0. The number of ether oxygens (including phenoxy) is 3. The van der Waals surface area contributed by atoms with E-state index in [4.69, 9.17) is 0 Å². The highest BCUT2D eigenvalue weighted by Crippen LogP contribution is 2.42. The van der Waals surface area contributed by atoms with E-state index in [-0.39, 0.29) is 12.8 Å². The Morgan fingerprint density at radius 3 is 1.87 bits per heavy atom. The number of hydrogen-bond acceptors (Lipinski definition) is 8. The summed E-state index contributed by atoms with van der Waals surface area (Å²) in [4.78, 5) is 24.3. The molecule has 222 valence electrons. The van der Waals surface area contributed by atoms with Crippen molar-refractivity contribution in [2.75, 3.05) is 6.61 Å². The van der Waals surface area contributed by atoms with Gasteiger partial charge in [0.2, 0.25) is 0 Å². The van der Waals surface area contributed by atoms with Crippen LogP contribution in [-0.2, 0) is 33.9 Å². The van der Waals surface area contributed by atoms with E-state index in [1.165, 1.54) is 0 Å². The lowest BCUT2D eigenvalue weighted by Gasteiger charge is -2.34. The van der Waals surface area contributed by atoms with Crippen LogP contribution in [-0.4, -0.2) is 66.9 Å². The van der Waals surface area contributed by atoms with Gasteiger partial charge in [-0.2, -0.15) is 43.9 Å². The van der Waals surface area contributed by atoms with Crippen LogP contribution >= 0.6 is 0 Å². The number of alkyl halides is 10. The molecule has 1 fully saturated rings. The van der Waals surface area contributed by atoms with Crippen molar-refractivity contribution in [3.05, 3.63) is 12.2 Å². The van der Waals surface area contributed by atoms with Crippen LogP contribution in [0, 0.1) is 0 Å². The quantitative estimate of drug-likeness (QED) is 0.0789. The molecule has 1 aliphatic rings. The van der Waals surface area contributed by atoms with Crippen LogP contribution in [0.4, 0.5) is 43.9 Å². The summed E-state index contributed by atoms with van der Waals surface area (Å²) in [5, 5.41) is -6.08. The molecular weight excluding hydrogens is 578 g/mol. The van der Waals surface area contributed by atoms with E-state index in [0.29, 0.717) is 19.3 Å². The van der Waals surface area contributed by atoms with Crippen LogP contribution in [0.2, 0.25) is 0 Å². The Balaban J connectivity index is 3.15. The predicted molar refractivity (Wildman–Crippen MR) is 102 cm³/mol.